The van der Waals surface area contributed by atoms with Gasteiger partial charge in [0, 0.05) is 18.9 Å². The van der Waals surface area contributed by atoms with Gasteiger partial charge in [0.2, 0.25) is 6.29 Å². The van der Waals surface area contributed by atoms with Gasteiger partial charge in [-0.15, -0.1) is 0 Å². The quantitative estimate of drug-likeness (QED) is 0.125. The number of aliphatic hydroxyl groups is 7. The van der Waals surface area contributed by atoms with Gasteiger partial charge in [-0.3, -0.25) is 0 Å². The number of esters is 1. The summed E-state index contributed by atoms with van der Waals surface area (Å²) in [4.78, 5) is 23.5. The van der Waals surface area contributed by atoms with Crippen LogP contribution < -0.4 is 9.47 Å². The summed E-state index contributed by atoms with van der Waals surface area (Å²) >= 11 is 0. The first-order valence-electron chi connectivity index (χ1n) is 11.3. The lowest BCUT2D eigenvalue weighted by Gasteiger charge is -2.39. The Morgan fingerprint density at radius 2 is 1.76 bits per heavy atom. The predicted molar refractivity (Wildman–Crippen MR) is 120 cm³/mol. The molecule has 0 bridgehead atoms. The van der Waals surface area contributed by atoms with Crippen LogP contribution in [0.15, 0.2) is 24.3 Å². The molecule has 2 fully saturated rings. The van der Waals surface area contributed by atoms with Crippen LogP contribution in [0, 0.1) is 0 Å². The monoisotopic (exact) mass is 530 g/mol. The molecule has 1 heterocycles. The molecule has 14 heteroatoms. The highest BCUT2D eigenvalue weighted by atomic mass is 16.7. The molecule has 0 aromatic heterocycles. The number of ether oxygens (including phenoxy) is 4. The molecule has 3 rings (SSSR count). The Labute approximate surface area is 210 Å². The zero-order valence-electron chi connectivity index (χ0n) is 19.7. The first-order chi connectivity index (χ1) is 17.4. The number of aliphatic carboxylic acids is 1. The van der Waals surface area contributed by atoms with Crippen molar-refractivity contribution in [3.05, 3.63) is 29.8 Å². The van der Waals surface area contributed by atoms with Gasteiger partial charge in [-0.25, -0.2) is 9.59 Å². The third kappa shape index (κ3) is 6.37. The Bertz CT molecular complexity index is 996. The number of benzene rings is 1. The molecule has 1 aliphatic heterocycles. The van der Waals surface area contributed by atoms with Gasteiger partial charge < -0.3 is 59.8 Å². The minimum absolute atomic E-state index is 0.0684. The Morgan fingerprint density at radius 3 is 2.38 bits per heavy atom. The molecule has 1 saturated carbocycles. The highest BCUT2D eigenvalue weighted by molar-refractivity contribution is 5.87. The fraction of sp³-hybridized carbons (Fsp3) is 0.565. The van der Waals surface area contributed by atoms with E-state index in [1.807, 2.05) is 0 Å². The van der Waals surface area contributed by atoms with Crippen molar-refractivity contribution in [2.45, 2.75) is 67.5 Å². The molecule has 1 aliphatic carbocycles. The fourth-order valence-electron chi connectivity index (χ4n) is 4.07. The van der Waals surface area contributed by atoms with Crippen LogP contribution in [0.5, 0.6) is 11.5 Å². The summed E-state index contributed by atoms with van der Waals surface area (Å²) in [5.41, 5.74) is -1.96. The zero-order chi connectivity index (χ0) is 27.5. The van der Waals surface area contributed by atoms with Gasteiger partial charge >= 0.3 is 11.9 Å². The molecule has 8 N–H and O–H groups in total. The molecule has 37 heavy (non-hydrogen) atoms. The average molecular weight is 530 g/mol. The van der Waals surface area contributed by atoms with Crippen LogP contribution in [0.25, 0.3) is 6.08 Å². The average Bonchev–Trinajstić information content (AvgIpc) is 2.86. The normalized spacial score (nSPS) is 36.2. The molecular formula is C23H30O14. The molecule has 9 atom stereocenters. The molecule has 0 unspecified atom stereocenters. The lowest BCUT2D eigenvalue weighted by Crippen LogP contribution is -2.60. The van der Waals surface area contributed by atoms with Crippen LogP contribution in [-0.4, -0.2) is 121 Å². The second-order valence-corrected chi connectivity index (χ2v) is 8.84. The van der Waals surface area contributed by atoms with Gasteiger partial charge in [-0.1, -0.05) is 6.07 Å². The van der Waals surface area contributed by atoms with Crippen molar-refractivity contribution in [1.82, 2.24) is 0 Å². The lowest BCUT2D eigenvalue weighted by atomic mass is 9.79. The highest BCUT2D eigenvalue weighted by Gasteiger charge is 2.50. The van der Waals surface area contributed by atoms with Crippen molar-refractivity contribution in [3.63, 3.8) is 0 Å². The summed E-state index contributed by atoms with van der Waals surface area (Å²) < 4.78 is 21.2. The van der Waals surface area contributed by atoms with E-state index in [4.69, 9.17) is 24.1 Å². The maximum Gasteiger partial charge on any atom is 0.335 e. The van der Waals surface area contributed by atoms with Crippen LogP contribution >= 0.6 is 0 Å². The van der Waals surface area contributed by atoms with Gasteiger partial charge in [-0.2, -0.15) is 0 Å². The number of aliphatic hydroxyl groups excluding tert-OH is 6. The van der Waals surface area contributed by atoms with Crippen molar-refractivity contribution < 1.29 is 69.4 Å². The number of carboxylic acid groups (broad SMARTS) is 1. The Balaban J connectivity index is 1.68. The van der Waals surface area contributed by atoms with Crippen LogP contribution in [0.3, 0.4) is 0 Å². The molecule has 0 radical (unpaired) electrons. The number of rotatable bonds is 8. The van der Waals surface area contributed by atoms with Gasteiger partial charge in [0.15, 0.2) is 17.1 Å². The van der Waals surface area contributed by atoms with E-state index in [-0.39, 0.29) is 11.5 Å². The minimum atomic E-state index is -2.36. The van der Waals surface area contributed by atoms with Gasteiger partial charge in [-0.05, 0) is 23.8 Å². The smallest absolute Gasteiger partial charge is 0.335 e. The number of hydrogen-bond acceptors (Lipinski definition) is 13. The number of carboxylic acids is 1. The third-order valence-electron chi connectivity index (χ3n) is 6.22. The summed E-state index contributed by atoms with van der Waals surface area (Å²) in [6.45, 7) is -0.631. The molecule has 0 amide bonds. The minimum Gasteiger partial charge on any atom is -0.493 e. The summed E-state index contributed by atoms with van der Waals surface area (Å²) in [6, 6.07) is 4.32. The molecule has 2 aliphatic rings. The molecule has 1 saturated heterocycles. The van der Waals surface area contributed by atoms with Crippen LogP contribution in [0.4, 0.5) is 0 Å². The SMILES string of the molecule is COc1cc(/C=C/C(=O)O[C@@H]2C[C@](O)(C(=O)O)C[C@H](O)[C@H]2O)ccc1O[C@H]1O[C@@H](CO)[C@H](O)[C@@H](O)[C@@H]1O. The molecule has 1 aromatic carbocycles. The van der Waals surface area contributed by atoms with E-state index >= 15 is 0 Å². The van der Waals surface area contributed by atoms with E-state index in [2.05, 4.69) is 0 Å². The third-order valence-corrected chi connectivity index (χ3v) is 6.22. The summed E-state index contributed by atoms with van der Waals surface area (Å²) in [7, 11) is 1.32. The first-order valence-corrected chi connectivity index (χ1v) is 11.3. The van der Waals surface area contributed by atoms with Crippen molar-refractivity contribution in [1.29, 1.82) is 0 Å². The molecule has 1 aromatic rings. The standard InChI is InChI=1S/C23H30O14/c1-34-13-6-10(2-4-12(13)36-21-20(30)19(29)18(28)15(9-24)37-21)3-5-16(26)35-14-8-23(33,22(31)32)7-11(25)17(14)27/h2-6,11,14-15,17-21,24-25,27-30,33H,7-9H2,1H3,(H,31,32)/b5-3+/t11-,14+,15-,17+,18-,19+,20-,21-,23-/m0/s1. The number of carbonyl (C=O) groups is 2. The van der Waals surface area contributed by atoms with Gasteiger partial charge in [0.05, 0.1) is 19.8 Å². The zero-order valence-corrected chi connectivity index (χ0v) is 19.7. The highest BCUT2D eigenvalue weighted by Crippen LogP contribution is 2.33. The molecule has 14 nitrogen and oxygen atoms in total. The van der Waals surface area contributed by atoms with E-state index in [0.29, 0.717) is 5.56 Å². The van der Waals surface area contributed by atoms with E-state index in [1.54, 1.807) is 0 Å². The summed E-state index contributed by atoms with van der Waals surface area (Å²) in [6.07, 6.45) is -11.1. The Kier molecular flexibility index (Phi) is 9.09. The lowest BCUT2D eigenvalue weighted by molar-refractivity contribution is -0.277. The van der Waals surface area contributed by atoms with E-state index in [1.165, 1.54) is 31.4 Å². The topological polar surface area (TPSA) is 233 Å². The van der Waals surface area contributed by atoms with Crippen molar-refractivity contribution in [2.24, 2.45) is 0 Å². The van der Waals surface area contributed by atoms with E-state index < -0.39 is 86.0 Å². The number of methoxy groups -OCH3 is 1. The summed E-state index contributed by atoms with van der Waals surface area (Å²) in [5, 5.41) is 78.5. The molecular weight excluding hydrogens is 500 g/mol. The Hall–Kier alpha value is -2.82. The second-order valence-electron chi connectivity index (χ2n) is 8.84. The van der Waals surface area contributed by atoms with Crippen LogP contribution in [-0.2, 0) is 19.1 Å². The van der Waals surface area contributed by atoms with Gasteiger partial charge in [0.25, 0.3) is 0 Å². The van der Waals surface area contributed by atoms with Crippen LogP contribution in [0.1, 0.15) is 18.4 Å². The maximum absolute atomic E-state index is 12.3. The van der Waals surface area contributed by atoms with Crippen LogP contribution in [0.2, 0.25) is 0 Å². The first kappa shape index (κ1) is 28.7. The molecule has 206 valence electrons. The number of hydrogen-bond donors (Lipinski definition) is 8. The second kappa shape index (κ2) is 11.7. The van der Waals surface area contributed by atoms with E-state index in [0.717, 1.165) is 6.08 Å². The maximum atomic E-state index is 12.3. The fourth-order valence-corrected chi connectivity index (χ4v) is 4.07. The van der Waals surface area contributed by atoms with Crippen molar-refractivity contribution in [2.75, 3.05) is 13.7 Å². The van der Waals surface area contributed by atoms with Crippen molar-refractivity contribution in [3.8, 4) is 11.5 Å². The number of carbonyl (C=O) groups excluding carboxylic acids is 1. The van der Waals surface area contributed by atoms with Gasteiger partial charge in [0.1, 0.15) is 36.6 Å². The predicted octanol–water partition coefficient (Wildman–Crippen LogP) is -2.87. The Morgan fingerprint density at radius 1 is 1.05 bits per heavy atom. The van der Waals surface area contributed by atoms with Crippen molar-refractivity contribution >= 4 is 18.0 Å². The van der Waals surface area contributed by atoms with E-state index in [9.17, 15) is 45.3 Å². The molecule has 0 spiro atoms. The largest absolute Gasteiger partial charge is 0.493 e. The summed E-state index contributed by atoms with van der Waals surface area (Å²) in [5.74, 6) is -2.40.